The fourth-order valence-electron chi connectivity index (χ4n) is 2.04. The molecule has 2 rings (SSSR count). The maximum atomic E-state index is 6.24. The molecule has 3 nitrogen and oxygen atoms in total. The average molecular weight is 270 g/mol. The number of benzene rings is 1. The van der Waals surface area contributed by atoms with E-state index in [1.54, 1.807) is 0 Å². The van der Waals surface area contributed by atoms with Crippen molar-refractivity contribution in [2.45, 2.75) is 32.4 Å². The van der Waals surface area contributed by atoms with Crippen molar-refractivity contribution in [2.75, 3.05) is 19.8 Å². The summed E-state index contributed by atoms with van der Waals surface area (Å²) in [5.41, 5.74) is 1.12. The van der Waals surface area contributed by atoms with Crippen LogP contribution in [0.25, 0.3) is 0 Å². The Hall–Kier alpha value is -0.770. The van der Waals surface area contributed by atoms with Gasteiger partial charge in [0.25, 0.3) is 0 Å². The minimum Gasteiger partial charge on any atom is -0.488 e. The summed E-state index contributed by atoms with van der Waals surface area (Å²) < 4.78 is 11.4. The zero-order chi connectivity index (χ0) is 12.8. The topological polar surface area (TPSA) is 30.5 Å². The summed E-state index contributed by atoms with van der Waals surface area (Å²) in [4.78, 5) is 0. The molecule has 0 bridgehead atoms. The van der Waals surface area contributed by atoms with Crippen molar-refractivity contribution < 1.29 is 9.47 Å². The van der Waals surface area contributed by atoms with E-state index in [0.29, 0.717) is 5.02 Å². The molecule has 0 amide bonds. The molecule has 0 radical (unpaired) electrons. The number of halogens is 1. The van der Waals surface area contributed by atoms with E-state index >= 15 is 0 Å². The van der Waals surface area contributed by atoms with Crippen molar-refractivity contribution in [3.63, 3.8) is 0 Å². The zero-order valence-corrected chi connectivity index (χ0v) is 11.5. The van der Waals surface area contributed by atoms with E-state index in [0.717, 1.165) is 50.5 Å². The van der Waals surface area contributed by atoms with Crippen LogP contribution >= 0.6 is 11.6 Å². The minimum absolute atomic E-state index is 0.221. The highest BCUT2D eigenvalue weighted by Crippen LogP contribution is 2.31. The Balaban J connectivity index is 2.08. The molecule has 1 aliphatic heterocycles. The molecule has 0 unspecified atom stereocenters. The lowest BCUT2D eigenvalue weighted by atomic mass is 10.1. The predicted octanol–water partition coefficient (Wildman–Crippen LogP) is 3.01. The normalized spacial score (nSPS) is 16.8. The summed E-state index contributed by atoms with van der Waals surface area (Å²) in [5.74, 6) is 0.826. The first-order valence-electron chi connectivity index (χ1n) is 6.53. The van der Waals surface area contributed by atoms with Gasteiger partial charge in [-0.15, -0.1) is 0 Å². The first-order valence-corrected chi connectivity index (χ1v) is 6.91. The molecule has 1 fully saturated rings. The SMILES string of the molecule is CCNCc1cccc(Cl)c1OC1CCOCC1. The first kappa shape index (κ1) is 13.7. The average Bonchev–Trinajstić information content (AvgIpc) is 2.41. The molecule has 18 heavy (non-hydrogen) atoms. The molecule has 0 aromatic heterocycles. The lowest BCUT2D eigenvalue weighted by Crippen LogP contribution is -2.26. The summed E-state index contributed by atoms with van der Waals surface area (Å²) in [6.45, 7) is 5.36. The second-order valence-corrected chi connectivity index (χ2v) is 4.85. The van der Waals surface area contributed by atoms with E-state index in [-0.39, 0.29) is 6.10 Å². The number of para-hydroxylation sites is 1. The Morgan fingerprint density at radius 3 is 2.89 bits per heavy atom. The van der Waals surface area contributed by atoms with Gasteiger partial charge in [-0.1, -0.05) is 30.7 Å². The Morgan fingerprint density at radius 2 is 2.17 bits per heavy atom. The lowest BCUT2D eigenvalue weighted by Gasteiger charge is -2.25. The van der Waals surface area contributed by atoms with Crippen molar-refractivity contribution in [1.29, 1.82) is 0 Å². The smallest absolute Gasteiger partial charge is 0.142 e. The number of nitrogens with one attached hydrogen (secondary N) is 1. The third-order valence-electron chi connectivity index (χ3n) is 3.07. The third-order valence-corrected chi connectivity index (χ3v) is 3.36. The second-order valence-electron chi connectivity index (χ2n) is 4.44. The van der Waals surface area contributed by atoms with Crippen LogP contribution in [-0.4, -0.2) is 25.9 Å². The van der Waals surface area contributed by atoms with Crippen LogP contribution in [0, 0.1) is 0 Å². The summed E-state index contributed by atoms with van der Waals surface area (Å²) in [5, 5.41) is 4.00. The molecule has 1 N–H and O–H groups in total. The lowest BCUT2D eigenvalue weighted by molar-refractivity contribution is 0.0252. The molecule has 4 heteroatoms. The van der Waals surface area contributed by atoms with Crippen LogP contribution in [0.3, 0.4) is 0 Å². The molecule has 1 saturated heterocycles. The van der Waals surface area contributed by atoms with Gasteiger partial charge < -0.3 is 14.8 Å². The van der Waals surface area contributed by atoms with Crippen LogP contribution < -0.4 is 10.1 Å². The monoisotopic (exact) mass is 269 g/mol. The highest BCUT2D eigenvalue weighted by molar-refractivity contribution is 6.32. The van der Waals surface area contributed by atoms with E-state index in [1.807, 2.05) is 12.1 Å². The fraction of sp³-hybridized carbons (Fsp3) is 0.571. The summed E-state index contributed by atoms with van der Waals surface area (Å²) in [7, 11) is 0. The van der Waals surface area contributed by atoms with Gasteiger partial charge in [0.15, 0.2) is 0 Å². The van der Waals surface area contributed by atoms with Crippen LogP contribution in [0.2, 0.25) is 5.02 Å². The Kier molecular flexibility index (Phi) is 5.29. The Bertz CT molecular complexity index is 378. The van der Waals surface area contributed by atoms with E-state index in [4.69, 9.17) is 21.1 Å². The summed E-state index contributed by atoms with van der Waals surface area (Å²) in [6.07, 6.45) is 2.09. The van der Waals surface area contributed by atoms with Crippen molar-refractivity contribution in [1.82, 2.24) is 5.32 Å². The van der Waals surface area contributed by atoms with E-state index < -0.39 is 0 Å². The van der Waals surface area contributed by atoms with Gasteiger partial charge in [0.2, 0.25) is 0 Å². The highest BCUT2D eigenvalue weighted by Gasteiger charge is 2.18. The van der Waals surface area contributed by atoms with Gasteiger partial charge in [-0.25, -0.2) is 0 Å². The molecule has 0 saturated carbocycles. The Morgan fingerprint density at radius 1 is 1.39 bits per heavy atom. The number of hydrogen-bond donors (Lipinski definition) is 1. The summed E-state index contributed by atoms with van der Waals surface area (Å²) >= 11 is 6.24. The largest absolute Gasteiger partial charge is 0.488 e. The molecular formula is C14H20ClNO2. The zero-order valence-electron chi connectivity index (χ0n) is 10.7. The van der Waals surface area contributed by atoms with E-state index in [1.165, 1.54) is 0 Å². The minimum atomic E-state index is 0.221. The number of ether oxygens (including phenoxy) is 2. The first-order chi connectivity index (χ1) is 8.81. The quantitative estimate of drug-likeness (QED) is 0.891. The predicted molar refractivity (Wildman–Crippen MR) is 73.3 cm³/mol. The van der Waals surface area contributed by atoms with Gasteiger partial charge in [0.05, 0.1) is 18.2 Å². The van der Waals surface area contributed by atoms with Crippen molar-refractivity contribution in [2.24, 2.45) is 0 Å². The van der Waals surface area contributed by atoms with Crippen molar-refractivity contribution >= 4 is 11.6 Å². The van der Waals surface area contributed by atoms with E-state index in [2.05, 4.69) is 18.3 Å². The molecular weight excluding hydrogens is 250 g/mol. The second kappa shape index (κ2) is 6.98. The van der Waals surface area contributed by atoms with Gasteiger partial charge in [0.1, 0.15) is 11.9 Å². The van der Waals surface area contributed by atoms with Crippen LogP contribution in [0.5, 0.6) is 5.75 Å². The standard InChI is InChI=1S/C14H20ClNO2/c1-2-16-10-11-4-3-5-13(15)14(11)18-12-6-8-17-9-7-12/h3-5,12,16H,2,6-10H2,1H3. The molecule has 100 valence electrons. The van der Waals surface area contributed by atoms with Gasteiger partial charge in [-0.2, -0.15) is 0 Å². The van der Waals surface area contributed by atoms with Crippen molar-refractivity contribution in [3.05, 3.63) is 28.8 Å². The maximum Gasteiger partial charge on any atom is 0.142 e. The van der Waals surface area contributed by atoms with Gasteiger partial charge in [0, 0.05) is 24.9 Å². The number of rotatable bonds is 5. The van der Waals surface area contributed by atoms with Crippen LogP contribution in [-0.2, 0) is 11.3 Å². The summed E-state index contributed by atoms with van der Waals surface area (Å²) in [6, 6.07) is 5.90. The Labute approximate surface area is 113 Å². The van der Waals surface area contributed by atoms with Gasteiger partial charge >= 0.3 is 0 Å². The molecule has 0 spiro atoms. The molecule has 0 aliphatic carbocycles. The molecule has 1 aromatic carbocycles. The van der Waals surface area contributed by atoms with Crippen molar-refractivity contribution in [3.8, 4) is 5.75 Å². The molecule has 1 aromatic rings. The van der Waals surface area contributed by atoms with Crippen LogP contribution in [0.15, 0.2) is 18.2 Å². The van der Waals surface area contributed by atoms with E-state index in [9.17, 15) is 0 Å². The third kappa shape index (κ3) is 3.61. The number of hydrogen-bond acceptors (Lipinski definition) is 3. The van der Waals surface area contributed by atoms with Crippen LogP contribution in [0.4, 0.5) is 0 Å². The fourth-order valence-corrected chi connectivity index (χ4v) is 2.28. The highest BCUT2D eigenvalue weighted by atomic mass is 35.5. The molecule has 1 aliphatic rings. The van der Waals surface area contributed by atoms with Crippen LogP contribution in [0.1, 0.15) is 25.3 Å². The maximum absolute atomic E-state index is 6.24. The van der Waals surface area contributed by atoms with Gasteiger partial charge in [-0.05, 0) is 12.6 Å². The molecule has 1 heterocycles. The van der Waals surface area contributed by atoms with Gasteiger partial charge in [-0.3, -0.25) is 0 Å². The molecule has 0 atom stereocenters.